The zero-order valence-electron chi connectivity index (χ0n) is 20.4. The molecule has 0 radical (unpaired) electrons. The minimum absolute atomic E-state index is 0.00873. The van der Waals surface area contributed by atoms with Gasteiger partial charge in [-0.05, 0) is 47.4 Å². The van der Waals surface area contributed by atoms with E-state index in [0.29, 0.717) is 34.6 Å². The SMILES string of the molecule is COc1ccc(CC(=O)N(Cc2ccc(F)cc2)[C@H](C(=O)NCCCO)c2ccccc2)cc1OC. The van der Waals surface area contributed by atoms with Gasteiger partial charge in [-0.25, -0.2) is 4.39 Å². The van der Waals surface area contributed by atoms with E-state index in [9.17, 15) is 14.0 Å². The van der Waals surface area contributed by atoms with Crippen molar-refractivity contribution in [3.63, 3.8) is 0 Å². The van der Waals surface area contributed by atoms with Crippen LogP contribution in [0.25, 0.3) is 0 Å². The summed E-state index contributed by atoms with van der Waals surface area (Å²) in [5.74, 6) is -0.00466. The van der Waals surface area contributed by atoms with Crippen LogP contribution in [0.5, 0.6) is 11.5 Å². The van der Waals surface area contributed by atoms with E-state index >= 15 is 0 Å². The number of halogens is 1. The average molecular weight is 495 g/mol. The summed E-state index contributed by atoms with van der Waals surface area (Å²) in [6.45, 7) is 0.306. The van der Waals surface area contributed by atoms with E-state index in [1.54, 1.807) is 54.6 Å². The van der Waals surface area contributed by atoms with E-state index in [0.717, 1.165) is 0 Å². The van der Waals surface area contributed by atoms with E-state index in [1.807, 2.05) is 6.07 Å². The fraction of sp³-hybridized carbons (Fsp3) is 0.286. The molecule has 0 fully saturated rings. The fourth-order valence-corrected chi connectivity index (χ4v) is 3.87. The van der Waals surface area contributed by atoms with Crippen LogP contribution in [0.3, 0.4) is 0 Å². The zero-order chi connectivity index (χ0) is 25.9. The smallest absolute Gasteiger partial charge is 0.247 e. The van der Waals surface area contributed by atoms with E-state index in [4.69, 9.17) is 14.6 Å². The van der Waals surface area contributed by atoms with Crippen LogP contribution in [0.4, 0.5) is 4.39 Å². The number of nitrogens with zero attached hydrogens (tertiary/aromatic N) is 1. The molecule has 0 aliphatic heterocycles. The lowest BCUT2D eigenvalue weighted by molar-refractivity contribution is -0.141. The van der Waals surface area contributed by atoms with Crippen molar-refractivity contribution in [3.8, 4) is 11.5 Å². The quantitative estimate of drug-likeness (QED) is 0.375. The van der Waals surface area contributed by atoms with Crippen molar-refractivity contribution in [1.29, 1.82) is 0 Å². The molecule has 0 unspecified atom stereocenters. The number of carbonyl (C=O) groups is 2. The van der Waals surface area contributed by atoms with Crippen LogP contribution < -0.4 is 14.8 Å². The summed E-state index contributed by atoms with van der Waals surface area (Å²) in [7, 11) is 3.05. The summed E-state index contributed by atoms with van der Waals surface area (Å²) >= 11 is 0. The van der Waals surface area contributed by atoms with Crippen LogP contribution in [-0.4, -0.2) is 49.2 Å². The number of nitrogens with one attached hydrogen (secondary N) is 1. The van der Waals surface area contributed by atoms with Crippen molar-refractivity contribution in [2.75, 3.05) is 27.4 Å². The molecule has 3 aromatic rings. The predicted molar refractivity (Wildman–Crippen MR) is 134 cm³/mol. The van der Waals surface area contributed by atoms with Crippen LogP contribution in [0, 0.1) is 5.82 Å². The molecule has 0 bridgehead atoms. The Morgan fingerprint density at radius 3 is 2.25 bits per heavy atom. The van der Waals surface area contributed by atoms with Gasteiger partial charge < -0.3 is 24.8 Å². The third-order valence-electron chi connectivity index (χ3n) is 5.70. The standard InChI is InChI=1S/C28H31FN2O5/c1-35-24-14-11-21(17-25(24)36-2)18-26(33)31(19-20-9-12-23(29)13-10-20)27(22-7-4-3-5-8-22)28(34)30-15-6-16-32/h3-5,7-14,17,27,32H,6,15-16,18-19H2,1-2H3,(H,30,34)/t27-/m0/s1. The van der Waals surface area contributed by atoms with Gasteiger partial charge in [-0.1, -0.05) is 48.5 Å². The number of amides is 2. The number of rotatable bonds is 12. The largest absolute Gasteiger partial charge is 0.493 e. The molecule has 3 rings (SSSR count). The van der Waals surface area contributed by atoms with Gasteiger partial charge in [-0.15, -0.1) is 0 Å². The highest BCUT2D eigenvalue weighted by Crippen LogP contribution is 2.29. The average Bonchev–Trinajstić information content (AvgIpc) is 2.90. The first kappa shape index (κ1) is 26.7. The molecular formula is C28H31FN2O5. The number of benzene rings is 3. The molecule has 1 atom stereocenters. The molecule has 0 spiro atoms. The van der Waals surface area contributed by atoms with Gasteiger partial charge in [0.2, 0.25) is 11.8 Å². The third-order valence-corrected chi connectivity index (χ3v) is 5.70. The normalized spacial score (nSPS) is 11.4. The lowest BCUT2D eigenvalue weighted by Gasteiger charge is -2.32. The second-order valence-corrected chi connectivity index (χ2v) is 8.20. The number of aliphatic hydroxyl groups excluding tert-OH is 1. The molecule has 2 amide bonds. The highest BCUT2D eigenvalue weighted by Gasteiger charge is 2.31. The molecule has 0 aromatic heterocycles. The number of ether oxygens (including phenoxy) is 2. The molecule has 2 N–H and O–H groups in total. The summed E-state index contributed by atoms with van der Waals surface area (Å²) in [5, 5.41) is 11.9. The topological polar surface area (TPSA) is 88.1 Å². The summed E-state index contributed by atoms with van der Waals surface area (Å²) in [4.78, 5) is 28.6. The minimum atomic E-state index is -0.928. The first-order valence-corrected chi connectivity index (χ1v) is 11.6. The Balaban J connectivity index is 1.98. The fourth-order valence-electron chi connectivity index (χ4n) is 3.87. The summed E-state index contributed by atoms with van der Waals surface area (Å²) in [6, 6.07) is 19.2. The Hall–Kier alpha value is -3.91. The van der Waals surface area contributed by atoms with E-state index in [-0.39, 0.29) is 43.7 Å². The number of carbonyl (C=O) groups excluding carboxylic acids is 2. The molecule has 0 aliphatic carbocycles. The maximum absolute atomic E-state index is 13.7. The molecule has 36 heavy (non-hydrogen) atoms. The van der Waals surface area contributed by atoms with Gasteiger partial charge in [0.1, 0.15) is 11.9 Å². The van der Waals surface area contributed by atoms with Gasteiger partial charge in [0.05, 0.1) is 20.6 Å². The van der Waals surface area contributed by atoms with Crippen LogP contribution >= 0.6 is 0 Å². The molecule has 0 aliphatic rings. The predicted octanol–water partition coefficient (Wildman–Crippen LogP) is 3.65. The van der Waals surface area contributed by atoms with Gasteiger partial charge in [0.15, 0.2) is 11.5 Å². The number of hydrogen-bond donors (Lipinski definition) is 2. The van der Waals surface area contributed by atoms with Crippen molar-refractivity contribution in [2.45, 2.75) is 25.4 Å². The second kappa shape index (κ2) is 13.3. The van der Waals surface area contributed by atoms with Gasteiger partial charge >= 0.3 is 0 Å². The van der Waals surface area contributed by atoms with Crippen molar-refractivity contribution in [3.05, 3.63) is 95.3 Å². The molecule has 8 heteroatoms. The molecular weight excluding hydrogens is 463 g/mol. The van der Waals surface area contributed by atoms with E-state index < -0.39 is 6.04 Å². The zero-order valence-corrected chi connectivity index (χ0v) is 20.4. The minimum Gasteiger partial charge on any atom is -0.493 e. The van der Waals surface area contributed by atoms with Crippen molar-refractivity contribution < 1.29 is 28.6 Å². The molecule has 0 saturated heterocycles. The lowest BCUT2D eigenvalue weighted by atomic mass is 10.0. The van der Waals surface area contributed by atoms with E-state index in [2.05, 4.69) is 5.32 Å². The lowest BCUT2D eigenvalue weighted by Crippen LogP contribution is -2.44. The van der Waals surface area contributed by atoms with Crippen molar-refractivity contribution in [1.82, 2.24) is 10.2 Å². The maximum atomic E-state index is 13.7. The van der Waals surface area contributed by atoms with Gasteiger partial charge in [-0.2, -0.15) is 0 Å². The maximum Gasteiger partial charge on any atom is 0.247 e. The Morgan fingerprint density at radius 1 is 0.944 bits per heavy atom. The molecule has 0 saturated carbocycles. The number of methoxy groups -OCH3 is 2. The highest BCUT2D eigenvalue weighted by molar-refractivity contribution is 5.89. The summed E-state index contributed by atoms with van der Waals surface area (Å²) < 4.78 is 24.2. The molecule has 7 nitrogen and oxygen atoms in total. The van der Waals surface area contributed by atoms with Gasteiger partial charge in [0, 0.05) is 19.7 Å². The summed E-state index contributed by atoms with van der Waals surface area (Å²) in [6.07, 6.45) is 0.402. The summed E-state index contributed by atoms with van der Waals surface area (Å²) in [5.41, 5.74) is 2.01. The Kier molecular flexibility index (Phi) is 9.82. The van der Waals surface area contributed by atoms with Crippen LogP contribution in [-0.2, 0) is 22.6 Å². The Labute approximate surface area is 210 Å². The van der Waals surface area contributed by atoms with Crippen molar-refractivity contribution >= 4 is 11.8 Å². The second-order valence-electron chi connectivity index (χ2n) is 8.20. The third kappa shape index (κ3) is 7.05. The number of aliphatic hydroxyl groups is 1. The Bertz CT molecular complexity index is 1140. The Morgan fingerprint density at radius 2 is 1.61 bits per heavy atom. The van der Waals surface area contributed by atoms with Crippen LogP contribution in [0.2, 0.25) is 0 Å². The first-order valence-electron chi connectivity index (χ1n) is 11.6. The number of hydrogen-bond acceptors (Lipinski definition) is 5. The van der Waals surface area contributed by atoms with E-state index in [1.165, 1.54) is 31.3 Å². The molecule has 3 aromatic carbocycles. The van der Waals surface area contributed by atoms with Crippen molar-refractivity contribution in [2.24, 2.45) is 0 Å². The van der Waals surface area contributed by atoms with Gasteiger partial charge in [0.25, 0.3) is 0 Å². The highest BCUT2D eigenvalue weighted by atomic mass is 19.1. The van der Waals surface area contributed by atoms with Gasteiger partial charge in [-0.3, -0.25) is 9.59 Å². The first-order chi connectivity index (χ1) is 17.5. The monoisotopic (exact) mass is 494 g/mol. The van der Waals surface area contributed by atoms with Crippen LogP contribution in [0.15, 0.2) is 72.8 Å². The molecule has 190 valence electrons. The van der Waals surface area contributed by atoms with Crippen LogP contribution in [0.1, 0.15) is 29.2 Å². The molecule has 0 heterocycles.